The molecule has 0 bridgehead atoms. The molecule has 5 atom stereocenters. The van der Waals surface area contributed by atoms with Gasteiger partial charge in [0, 0.05) is 23.8 Å². The van der Waals surface area contributed by atoms with E-state index in [0.29, 0.717) is 33.9 Å². The molecule has 1 saturated heterocycles. The Labute approximate surface area is 484 Å². The first kappa shape index (κ1) is 64.7. The molecule has 1 aromatic heterocycles. The standard InChI is InChI=1S/C62H88N5O11PSi2/c1-42(2)67(43(3)4)79(74-39-23-37-63)76-56-54(41-73-62(48-25-19-18-20-26-48,49-28-32-51(70-14)33-29-49)50-30-34-52(71-15)35-31-50)75-58(57(56)78-80(16,17)61(11,12)13)66-38-36-55(64-59(66)68)65-60(69)72-40-47-24-21-22-27-53(47)77-81(44(5)6,45(7)8)46(9)10/h18-22,24-36,38,42-46,54,56-58H,23,39-41H2,1-17H3,(H,64,65,68,69)/t54-,56-,57-,58-,79?/m1/s1. The number of ether oxygens (including phenoxy) is 5. The molecule has 16 nitrogen and oxygen atoms in total. The average Bonchev–Trinajstić information content (AvgIpc) is 3.43. The van der Waals surface area contributed by atoms with Crippen molar-refractivity contribution in [3.8, 4) is 23.3 Å². The first-order valence-electron chi connectivity index (χ1n) is 28.2. The van der Waals surface area contributed by atoms with Gasteiger partial charge >= 0.3 is 11.8 Å². The second-order valence-electron chi connectivity index (χ2n) is 23.6. The second-order valence-corrected chi connectivity index (χ2v) is 35.1. The van der Waals surface area contributed by atoms with Crippen molar-refractivity contribution in [3.05, 3.63) is 148 Å². The maximum Gasteiger partial charge on any atom is 0.413 e. The number of carbonyl (C=O) groups excluding carboxylic acids is 1. The number of hydrogen-bond acceptors (Lipinski definition) is 14. The zero-order valence-electron chi connectivity index (χ0n) is 50.7. The molecule has 1 fully saturated rings. The first-order chi connectivity index (χ1) is 38.3. The van der Waals surface area contributed by atoms with Crippen LogP contribution in [0.1, 0.15) is 125 Å². The van der Waals surface area contributed by atoms with Crippen molar-refractivity contribution in [2.75, 3.05) is 32.8 Å². The Kier molecular flexibility index (Phi) is 22.5. The van der Waals surface area contributed by atoms with Crippen molar-refractivity contribution in [2.24, 2.45) is 0 Å². The Balaban J connectivity index is 1.44. The quantitative estimate of drug-likeness (QED) is 0.0228. The van der Waals surface area contributed by atoms with Crippen LogP contribution in [0.2, 0.25) is 34.8 Å². The van der Waals surface area contributed by atoms with Crippen LogP contribution in [0, 0.1) is 11.3 Å². The molecule has 1 N–H and O–H groups in total. The van der Waals surface area contributed by atoms with Gasteiger partial charge in [-0.1, -0.05) is 135 Å². The molecule has 0 spiro atoms. The van der Waals surface area contributed by atoms with E-state index in [1.165, 1.54) is 10.6 Å². The molecule has 6 rings (SSSR count). The van der Waals surface area contributed by atoms with Gasteiger partial charge in [0.05, 0.1) is 39.9 Å². The van der Waals surface area contributed by atoms with E-state index < -0.39 is 67.1 Å². The Hall–Kier alpha value is -5.46. The second kappa shape index (κ2) is 28.2. The van der Waals surface area contributed by atoms with Crippen LogP contribution >= 0.6 is 8.53 Å². The van der Waals surface area contributed by atoms with Gasteiger partial charge in [0.15, 0.2) is 14.5 Å². The summed E-state index contributed by atoms with van der Waals surface area (Å²) < 4.78 is 63.7. The minimum Gasteiger partial charge on any atom is -0.542 e. The van der Waals surface area contributed by atoms with Crippen LogP contribution in [0.4, 0.5) is 10.6 Å². The number of nitrogens with one attached hydrogen (secondary N) is 1. The maximum absolute atomic E-state index is 14.7. The van der Waals surface area contributed by atoms with E-state index in [4.69, 9.17) is 41.6 Å². The number of anilines is 1. The number of carbonyl (C=O) groups is 1. The third-order valence-electron chi connectivity index (χ3n) is 15.7. The van der Waals surface area contributed by atoms with Crippen LogP contribution in [-0.2, 0) is 39.9 Å². The highest BCUT2D eigenvalue weighted by molar-refractivity contribution is 7.44. The highest BCUT2D eigenvalue weighted by Crippen LogP contribution is 2.53. The first-order valence-corrected chi connectivity index (χ1v) is 34.4. The molecule has 0 aliphatic carbocycles. The summed E-state index contributed by atoms with van der Waals surface area (Å²) in [5.41, 5.74) is 2.22. The van der Waals surface area contributed by atoms with Crippen molar-refractivity contribution >= 4 is 37.1 Å². The lowest BCUT2D eigenvalue weighted by Gasteiger charge is -2.42. The van der Waals surface area contributed by atoms with Crippen LogP contribution in [0.3, 0.4) is 0 Å². The van der Waals surface area contributed by atoms with Crippen LogP contribution in [0.15, 0.2) is 120 Å². The SMILES string of the molecule is COc1ccc(C(OC[C@H]2O[C@@H](n3ccc(NC(=O)OCc4ccccc4O[Si](C(C)C)(C(C)C)C(C)C)nc3=O)[C@H](O[Si](C)(C)C(C)(C)C)[C@@H]2OP(OCCC#N)N(C(C)C)C(C)C)(c2ccccc2)c2ccc(OC)cc2)cc1. The van der Waals surface area contributed by atoms with Crippen molar-refractivity contribution in [1.82, 2.24) is 14.2 Å². The number of aromatic nitrogens is 2. The lowest BCUT2D eigenvalue weighted by Crippen LogP contribution is -2.50. The number of amides is 1. The van der Waals surface area contributed by atoms with Crippen molar-refractivity contribution in [1.29, 1.82) is 5.26 Å². The number of rotatable bonds is 27. The summed E-state index contributed by atoms with van der Waals surface area (Å²) in [7, 11) is -3.73. The number of para-hydroxylation sites is 1. The minimum atomic E-state index is -2.76. The fourth-order valence-corrected chi connectivity index (χ4v) is 19.1. The molecule has 2 heterocycles. The number of methoxy groups -OCH3 is 2. The van der Waals surface area contributed by atoms with Gasteiger partial charge < -0.3 is 41.6 Å². The van der Waals surface area contributed by atoms with E-state index in [1.807, 2.05) is 103 Å². The Morgan fingerprint density at radius 1 is 0.778 bits per heavy atom. The molecule has 1 unspecified atom stereocenters. The van der Waals surface area contributed by atoms with E-state index in [-0.39, 0.29) is 49.2 Å². The van der Waals surface area contributed by atoms with Gasteiger partial charge in [-0.05, 0) is 116 Å². The summed E-state index contributed by atoms with van der Waals surface area (Å²) in [5.74, 6) is 2.02. The molecule has 81 heavy (non-hydrogen) atoms. The van der Waals surface area contributed by atoms with Crippen molar-refractivity contribution in [3.63, 3.8) is 0 Å². The molecule has 1 aliphatic heterocycles. The Bertz CT molecular complexity index is 2820. The Morgan fingerprint density at radius 2 is 1.32 bits per heavy atom. The van der Waals surface area contributed by atoms with E-state index in [1.54, 1.807) is 20.4 Å². The van der Waals surface area contributed by atoms with Gasteiger partial charge in [-0.25, -0.2) is 14.3 Å². The molecule has 5 aromatic rings. The zero-order chi connectivity index (χ0) is 59.5. The van der Waals surface area contributed by atoms with Gasteiger partial charge in [0.2, 0.25) is 0 Å². The smallest absolute Gasteiger partial charge is 0.413 e. The summed E-state index contributed by atoms with van der Waals surface area (Å²) in [5, 5.41) is 12.1. The van der Waals surface area contributed by atoms with Gasteiger partial charge in [-0.15, -0.1) is 0 Å². The van der Waals surface area contributed by atoms with Gasteiger partial charge in [-0.2, -0.15) is 10.2 Å². The van der Waals surface area contributed by atoms with Crippen LogP contribution in [0.25, 0.3) is 0 Å². The summed E-state index contributed by atoms with van der Waals surface area (Å²) in [6.45, 7) is 32.3. The largest absolute Gasteiger partial charge is 0.542 e. The van der Waals surface area contributed by atoms with E-state index in [2.05, 4.69) is 124 Å². The van der Waals surface area contributed by atoms with Crippen LogP contribution in [-0.4, -0.2) is 94.8 Å². The third kappa shape index (κ3) is 15.0. The highest BCUT2D eigenvalue weighted by Gasteiger charge is 2.55. The summed E-state index contributed by atoms with van der Waals surface area (Å²) in [6.07, 6.45) is -3.02. The topological polar surface area (TPSA) is 174 Å². The number of nitrogens with zero attached hydrogens (tertiary/aromatic N) is 4. The van der Waals surface area contributed by atoms with Gasteiger partial charge in [-0.3, -0.25) is 9.88 Å². The maximum atomic E-state index is 14.7. The summed E-state index contributed by atoms with van der Waals surface area (Å²) >= 11 is 0. The molecular weight excluding hydrogens is 1080 g/mol. The molecule has 1 amide bonds. The lowest BCUT2D eigenvalue weighted by molar-refractivity contribution is -0.0943. The minimum absolute atomic E-state index is 0.0188. The van der Waals surface area contributed by atoms with Crippen molar-refractivity contribution < 1.29 is 46.4 Å². The molecule has 440 valence electrons. The normalized spacial score (nSPS) is 17.5. The molecule has 0 radical (unpaired) electrons. The molecule has 0 saturated carbocycles. The predicted molar refractivity (Wildman–Crippen MR) is 325 cm³/mol. The van der Waals surface area contributed by atoms with Crippen LogP contribution < -0.4 is 24.9 Å². The summed E-state index contributed by atoms with van der Waals surface area (Å²) in [6, 6.07) is 36.8. The number of hydrogen-bond donors (Lipinski definition) is 1. The van der Waals surface area contributed by atoms with E-state index >= 15 is 0 Å². The number of benzene rings is 4. The zero-order valence-corrected chi connectivity index (χ0v) is 53.6. The van der Waals surface area contributed by atoms with Gasteiger partial charge in [0.25, 0.3) is 16.8 Å². The van der Waals surface area contributed by atoms with E-state index in [0.717, 1.165) is 22.3 Å². The Morgan fingerprint density at radius 3 is 1.83 bits per heavy atom. The molecular formula is C62H88N5O11PSi2. The summed E-state index contributed by atoms with van der Waals surface area (Å²) in [4.78, 5) is 32.7. The fourth-order valence-electron chi connectivity index (χ4n) is 10.7. The molecule has 1 aliphatic rings. The molecule has 4 aromatic carbocycles. The average molecular weight is 1170 g/mol. The predicted octanol–water partition coefficient (Wildman–Crippen LogP) is 14.5. The molecule has 19 heteroatoms. The monoisotopic (exact) mass is 1170 g/mol. The van der Waals surface area contributed by atoms with E-state index in [9.17, 15) is 14.9 Å². The fraction of sp³-hybridized carbons (Fsp3) is 0.516. The van der Waals surface area contributed by atoms with Gasteiger partial charge in [0.1, 0.15) is 53.6 Å². The van der Waals surface area contributed by atoms with Crippen LogP contribution in [0.5, 0.6) is 17.2 Å². The third-order valence-corrected chi connectivity index (χ3v) is 28.3. The lowest BCUT2D eigenvalue weighted by atomic mass is 9.80. The number of nitriles is 1. The highest BCUT2D eigenvalue weighted by atomic mass is 31.2. The van der Waals surface area contributed by atoms with Crippen molar-refractivity contribution in [2.45, 2.75) is 180 Å².